The van der Waals surface area contributed by atoms with Crippen LogP contribution in [0.25, 0.3) is 22.0 Å². The maximum atomic E-state index is 12.5. The Morgan fingerprint density at radius 3 is 2.77 bits per heavy atom. The minimum Gasteiger partial charge on any atom is -0.361 e. The van der Waals surface area contributed by atoms with Crippen molar-refractivity contribution in [2.24, 2.45) is 7.05 Å². The Bertz CT molecular complexity index is 1290. The highest BCUT2D eigenvalue weighted by Gasteiger charge is 2.29. The molecule has 0 radical (unpaired) electrons. The van der Waals surface area contributed by atoms with Gasteiger partial charge < -0.3 is 14.2 Å². The summed E-state index contributed by atoms with van der Waals surface area (Å²) >= 11 is 0. The highest BCUT2D eigenvalue weighted by molar-refractivity contribution is 5.95. The molecule has 0 spiro atoms. The van der Waals surface area contributed by atoms with Crippen molar-refractivity contribution in [3.8, 4) is 11.1 Å². The average molecular weight is 400 g/mol. The van der Waals surface area contributed by atoms with Crippen molar-refractivity contribution in [2.45, 2.75) is 26.0 Å². The highest BCUT2D eigenvalue weighted by Crippen LogP contribution is 2.42. The van der Waals surface area contributed by atoms with Gasteiger partial charge in [0.15, 0.2) is 0 Å². The molecule has 0 fully saturated rings. The lowest BCUT2D eigenvalue weighted by Crippen LogP contribution is -2.37. The first-order valence-electron chi connectivity index (χ1n) is 10.1. The van der Waals surface area contributed by atoms with Crippen LogP contribution in [0.1, 0.15) is 17.5 Å². The lowest BCUT2D eigenvalue weighted by molar-refractivity contribution is 0.0972. The van der Waals surface area contributed by atoms with Crippen molar-refractivity contribution < 1.29 is 4.74 Å². The molecule has 0 bridgehead atoms. The third-order valence-corrected chi connectivity index (χ3v) is 6.08. The Balaban J connectivity index is 1.77. The van der Waals surface area contributed by atoms with Crippen molar-refractivity contribution >= 4 is 22.3 Å². The molecule has 1 atom stereocenters. The molecule has 5 rings (SSSR count). The third-order valence-electron chi connectivity index (χ3n) is 6.08. The Hall–Kier alpha value is -3.38. The molecule has 0 saturated heterocycles. The minimum atomic E-state index is -0.0831. The summed E-state index contributed by atoms with van der Waals surface area (Å²) in [5, 5.41) is 8.03. The molecule has 1 aliphatic heterocycles. The zero-order valence-corrected chi connectivity index (χ0v) is 17.3. The van der Waals surface area contributed by atoms with Gasteiger partial charge in [-0.15, -0.1) is 0 Å². The first-order chi connectivity index (χ1) is 14.6. The van der Waals surface area contributed by atoms with Crippen LogP contribution in [0.15, 0.2) is 59.7 Å². The summed E-state index contributed by atoms with van der Waals surface area (Å²) in [4.78, 5) is 14.8. The summed E-state index contributed by atoms with van der Waals surface area (Å²) in [6, 6.07) is 14.7. The fourth-order valence-corrected chi connectivity index (χ4v) is 4.50. The van der Waals surface area contributed by atoms with Crippen molar-refractivity contribution in [1.29, 1.82) is 0 Å². The zero-order chi connectivity index (χ0) is 20.8. The normalized spacial score (nSPS) is 16.1. The van der Waals surface area contributed by atoms with Crippen LogP contribution >= 0.6 is 0 Å². The summed E-state index contributed by atoms with van der Waals surface area (Å²) in [7, 11) is 3.59. The molecule has 4 aromatic rings. The van der Waals surface area contributed by atoms with Crippen LogP contribution in [0.4, 0.5) is 11.4 Å². The van der Waals surface area contributed by atoms with E-state index in [2.05, 4.69) is 39.4 Å². The van der Waals surface area contributed by atoms with Crippen molar-refractivity contribution in [3.63, 3.8) is 0 Å². The second-order valence-corrected chi connectivity index (χ2v) is 7.83. The topological polar surface area (TPSA) is 63.1 Å². The number of H-pyrrole nitrogens is 1. The molecular formula is C24H24N4O2. The number of nitrogens with one attached hydrogen (secondary N) is 1. The van der Waals surface area contributed by atoms with Gasteiger partial charge in [0.05, 0.1) is 17.4 Å². The summed E-state index contributed by atoms with van der Waals surface area (Å²) in [6.07, 6.45) is 5.51. The van der Waals surface area contributed by atoms with E-state index >= 15 is 0 Å². The molecule has 0 amide bonds. The molecule has 2 aromatic heterocycles. The number of pyridine rings is 1. The number of hydrogen-bond acceptors (Lipinski definition) is 4. The van der Waals surface area contributed by atoms with Crippen molar-refractivity contribution in [2.75, 3.05) is 12.0 Å². The van der Waals surface area contributed by atoms with E-state index in [1.807, 2.05) is 44.6 Å². The zero-order valence-electron chi connectivity index (χ0n) is 17.3. The van der Waals surface area contributed by atoms with Crippen LogP contribution in [-0.4, -0.2) is 28.1 Å². The number of benzene rings is 2. The maximum absolute atomic E-state index is 12.5. The lowest BCUT2D eigenvalue weighted by Gasteiger charge is -2.39. The van der Waals surface area contributed by atoms with E-state index in [-0.39, 0.29) is 11.8 Å². The summed E-state index contributed by atoms with van der Waals surface area (Å²) in [5.74, 6) is 0. The first-order valence-corrected chi connectivity index (χ1v) is 10.1. The van der Waals surface area contributed by atoms with Crippen LogP contribution in [0.3, 0.4) is 0 Å². The number of rotatable bonds is 3. The number of hydrogen-bond donors (Lipinski definition) is 1. The smallest absolute Gasteiger partial charge is 0.253 e. The van der Waals surface area contributed by atoms with Gasteiger partial charge >= 0.3 is 0 Å². The molecule has 30 heavy (non-hydrogen) atoms. The van der Waals surface area contributed by atoms with E-state index in [0.29, 0.717) is 0 Å². The monoisotopic (exact) mass is 400 g/mol. The Morgan fingerprint density at radius 1 is 1.13 bits per heavy atom. The van der Waals surface area contributed by atoms with Crippen molar-refractivity contribution in [3.05, 3.63) is 76.3 Å². The number of methoxy groups -OCH3 is 1. The predicted molar refractivity (Wildman–Crippen MR) is 119 cm³/mol. The Kier molecular flexibility index (Phi) is 4.44. The standard InChI is InChI=1S/C24H24N4O2/c1-15-11-19-20(27(2)24(15)29)5-4-6-21(19)28-22-12-17(18-13-25-26-14-18)8-7-16(22)9-10-23(28)30-3/h4-8,11-14,23H,9-10H2,1-3H3,(H,25,26). The van der Waals surface area contributed by atoms with E-state index in [1.54, 1.807) is 11.7 Å². The fourth-order valence-electron chi connectivity index (χ4n) is 4.50. The van der Waals surface area contributed by atoms with Crippen LogP contribution in [0.2, 0.25) is 0 Å². The summed E-state index contributed by atoms with van der Waals surface area (Å²) in [5.41, 5.74) is 7.29. The highest BCUT2D eigenvalue weighted by atomic mass is 16.5. The van der Waals surface area contributed by atoms with Gasteiger partial charge in [-0.2, -0.15) is 5.10 Å². The van der Waals surface area contributed by atoms with E-state index < -0.39 is 0 Å². The molecule has 1 N–H and O–H groups in total. The second-order valence-electron chi connectivity index (χ2n) is 7.83. The average Bonchev–Trinajstić information content (AvgIpc) is 3.31. The van der Waals surface area contributed by atoms with Crippen LogP contribution < -0.4 is 10.5 Å². The van der Waals surface area contributed by atoms with Gasteiger partial charge in [0, 0.05) is 42.6 Å². The van der Waals surface area contributed by atoms with E-state index in [9.17, 15) is 4.79 Å². The van der Waals surface area contributed by atoms with Gasteiger partial charge in [-0.25, -0.2) is 0 Å². The molecule has 0 saturated carbocycles. The Morgan fingerprint density at radius 2 is 2.00 bits per heavy atom. The molecule has 6 heteroatoms. The lowest BCUT2D eigenvalue weighted by atomic mass is 9.95. The number of aromatic nitrogens is 3. The number of nitrogens with zero attached hydrogens (tertiary/aromatic N) is 3. The molecular weight excluding hydrogens is 376 g/mol. The SMILES string of the molecule is COC1CCc2ccc(-c3cn[nH]c3)cc2N1c1cccc2c1cc(C)c(=O)n2C. The molecule has 1 aliphatic rings. The van der Waals surface area contributed by atoms with Crippen LogP contribution in [-0.2, 0) is 18.2 Å². The number of ether oxygens (including phenoxy) is 1. The minimum absolute atomic E-state index is 0.0317. The summed E-state index contributed by atoms with van der Waals surface area (Å²) < 4.78 is 7.64. The fraction of sp³-hybridized carbons (Fsp3) is 0.250. The number of aromatic amines is 1. The van der Waals surface area contributed by atoms with E-state index in [4.69, 9.17) is 4.74 Å². The van der Waals surface area contributed by atoms with Gasteiger partial charge in [-0.05, 0) is 55.2 Å². The molecule has 0 aliphatic carbocycles. The predicted octanol–water partition coefficient (Wildman–Crippen LogP) is 4.29. The van der Waals surface area contributed by atoms with Gasteiger partial charge in [-0.3, -0.25) is 9.89 Å². The quantitative estimate of drug-likeness (QED) is 0.557. The van der Waals surface area contributed by atoms with Crippen LogP contribution in [0.5, 0.6) is 0 Å². The van der Waals surface area contributed by atoms with Crippen LogP contribution in [0, 0.1) is 6.92 Å². The third kappa shape index (κ3) is 2.83. The molecule has 6 nitrogen and oxygen atoms in total. The summed E-state index contributed by atoms with van der Waals surface area (Å²) in [6.45, 7) is 1.87. The number of aryl methyl sites for hydroxylation is 3. The number of anilines is 2. The van der Waals surface area contributed by atoms with Gasteiger partial charge in [-0.1, -0.05) is 18.2 Å². The van der Waals surface area contributed by atoms with Gasteiger partial charge in [0.1, 0.15) is 6.23 Å². The van der Waals surface area contributed by atoms with E-state index in [0.717, 1.165) is 51.8 Å². The number of fused-ring (bicyclic) bond motifs is 2. The molecule has 3 heterocycles. The van der Waals surface area contributed by atoms with Gasteiger partial charge in [0.25, 0.3) is 5.56 Å². The Labute approximate surface area is 174 Å². The van der Waals surface area contributed by atoms with Gasteiger partial charge in [0.2, 0.25) is 0 Å². The molecule has 1 unspecified atom stereocenters. The van der Waals surface area contributed by atoms with E-state index in [1.165, 1.54) is 5.56 Å². The molecule has 2 aromatic carbocycles. The second kappa shape index (κ2) is 7.15. The molecule has 152 valence electrons. The maximum Gasteiger partial charge on any atom is 0.253 e. The van der Waals surface area contributed by atoms with Crippen molar-refractivity contribution in [1.82, 2.24) is 14.8 Å². The largest absolute Gasteiger partial charge is 0.361 e. The first kappa shape index (κ1) is 18.6.